The van der Waals surface area contributed by atoms with Crippen molar-refractivity contribution >= 4 is 11.6 Å². The maximum absolute atomic E-state index is 13.3. The summed E-state index contributed by atoms with van der Waals surface area (Å²) in [6, 6.07) is 3.96. The molecule has 21 heavy (non-hydrogen) atoms. The Morgan fingerprint density at radius 2 is 2.14 bits per heavy atom. The van der Waals surface area contributed by atoms with Gasteiger partial charge in [-0.15, -0.1) is 0 Å². The minimum atomic E-state index is -0.840. The standard InChI is InChI=1S/C16H23FN2O2/c1-2-11-5-7-16(21,8-6-11)10-19-15(20)12-3-4-14(18)13(17)9-12/h3-4,9,11,21H,2,5-8,10,18H2,1H3,(H,19,20). The minimum Gasteiger partial charge on any atom is -0.396 e. The van der Waals surface area contributed by atoms with Crippen LogP contribution >= 0.6 is 0 Å². The zero-order chi connectivity index (χ0) is 15.5. The molecule has 1 saturated carbocycles. The van der Waals surface area contributed by atoms with Crippen molar-refractivity contribution in [2.24, 2.45) is 5.92 Å². The Labute approximate surface area is 124 Å². The van der Waals surface area contributed by atoms with Gasteiger partial charge in [0.25, 0.3) is 5.91 Å². The van der Waals surface area contributed by atoms with E-state index in [1.807, 2.05) is 0 Å². The maximum atomic E-state index is 13.3. The lowest BCUT2D eigenvalue weighted by Gasteiger charge is -2.35. The number of nitrogens with one attached hydrogen (secondary N) is 1. The zero-order valence-corrected chi connectivity index (χ0v) is 12.4. The summed E-state index contributed by atoms with van der Waals surface area (Å²) in [5.74, 6) is -0.322. The highest BCUT2D eigenvalue weighted by Gasteiger charge is 2.32. The average Bonchev–Trinajstić information content (AvgIpc) is 2.48. The van der Waals surface area contributed by atoms with E-state index in [2.05, 4.69) is 12.2 Å². The van der Waals surface area contributed by atoms with Crippen LogP contribution in [-0.4, -0.2) is 23.2 Å². The number of carbonyl (C=O) groups excluding carboxylic acids is 1. The van der Waals surface area contributed by atoms with Gasteiger partial charge in [-0.2, -0.15) is 0 Å². The van der Waals surface area contributed by atoms with Gasteiger partial charge < -0.3 is 16.2 Å². The number of aliphatic hydroxyl groups is 1. The average molecular weight is 294 g/mol. The van der Waals surface area contributed by atoms with Crippen LogP contribution in [0.4, 0.5) is 10.1 Å². The predicted octanol–water partition coefficient (Wildman–Crippen LogP) is 2.47. The number of nitrogen functional groups attached to an aromatic ring is 1. The van der Waals surface area contributed by atoms with E-state index < -0.39 is 11.4 Å². The van der Waals surface area contributed by atoms with Gasteiger partial charge in [0, 0.05) is 12.1 Å². The second-order valence-electron chi connectivity index (χ2n) is 5.99. The molecular weight excluding hydrogens is 271 g/mol. The number of anilines is 1. The molecule has 5 heteroatoms. The molecule has 0 bridgehead atoms. The second kappa shape index (κ2) is 6.43. The van der Waals surface area contributed by atoms with Gasteiger partial charge in [0.1, 0.15) is 5.82 Å². The summed E-state index contributed by atoms with van der Waals surface area (Å²) in [7, 11) is 0. The fraction of sp³-hybridized carbons (Fsp3) is 0.562. The number of rotatable bonds is 4. The van der Waals surface area contributed by atoms with Crippen LogP contribution in [0.3, 0.4) is 0 Å². The molecule has 0 aromatic heterocycles. The molecule has 0 aliphatic heterocycles. The summed E-state index contributed by atoms with van der Waals surface area (Å²) in [5.41, 5.74) is 4.77. The fourth-order valence-electron chi connectivity index (χ4n) is 2.82. The number of hydrogen-bond acceptors (Lipinski definition) is 3. The highest BCUT2D eigenvalue weighted by molar-refractivity contribution is 5.94. The van der Waals surface area contributed by atoms with Crippen LogP contribution in [0.5, 0.6) is 0 Å². The Morgan fingerprint density at radius 1 is 1.48 bits per heavy atom. The van der Waals surface area contributed by atoms with Gasteiger partial charge in [-0.3, -0.25) is 4.79 Å². The van der Waals surface area contributed by atoms with E-state index in [0.717, 1.165) is 25.3 Å². The molecule has 1 aliphatic carbocycles. The Kier molecular flexibility index (Phi) is 4.83. The van der Waals surface area contributed by atoms with Crippen LogP contribution in [0.2, 0.25) is 0 Å². The largest absolute Gasteiger partial charge is 0.396 e. The Bertz CT molecular complexity index is 511. The smallest absolute Gasteiger partial charge is 0.251 e. The minimum absolute atomic E-state index is 0.0167. The third-order valence-electron chi connectivity index (χ3n) is 4.45. The first-order valence-corrected chi connectivity index (χ1v) is 7.49. The van der Waals surface area contributed by atoms with E-state index in [1.165, 1.54) is 12.1 Å². The first-order chi connectivity index (χ1) is 9.93. The van der Waals surface area contributed by atoms with Gasteiger partial charge in [-0.05, 0) is 49.8 Å². The van der Waals surface area contributed by atoms with E-state index >= 15 is 0 Å². The molecular formula is C16H23FN2O2. The van der Waals surface area contributed by atoms with E-state index in [-0.39, 0.29) is 23.7 Å². The van der Waals surface area contributed by atoms with Crippen LogP contribution in [-0.2, 0) is 0 Å². The van der Waals surface area contributed by atoms with Crippen molar-refractivity contribution in [2.45, 2.75) is 44.6 Å². The molecule has 0 atom stereocenters. The Hall–Kier alpha value is -1.62. The fourth-order valence-corrected chi connectivity index (χ4v) is 2.82. The van der Waals surface area contributed by atoms with Crippen molar-refractivity contribution in [2.75, 3.05) is 12.3 Å². The van der Waals surface area contributed by atoms with E-state index in [4.69, 9.17) is 5.73 Å². The van der Waals surface area contributed by atoms with Crippen molar-refractivity contribution in [3.63, 3.8) is 0 Å². The van der Waals surface area contributed by atoms with Crippen LogP contribution < -0.4 is 11.1 Å². The van der Waals surface area contributed by atoms with E-state index in [1.54, 1.807) is 0 Å². The summed E-state index contributed by atoms with van der Waals surface area (Å²) >= 11 is 0. The lowest BCUT2D eigenvalue weighted by atomic mass is 9.78. The van der Waals surface area contributed by atoms with Crippen LogP contribution in [0.1, 0.15) is 49.4 Å². The topological polar surface area (TPSA) is 75.3 Å². The summed E-state index contributed by atoms with van der Waals surface area (Å²) in [5, 5.41) is 13.2. The second-order valence-corrected chi connectivity index (χ2v) is 5.99. The molecule has 116 valence electrons. The highest BCUT2D eigenvalue weighted by Crippen LogP contribution is 2.33. The number of carbonyl (C=O) groups is 1. The van der Waals surface area contributed by atoms with Gasteiger partial charge in [0.15, 0.2) is 0 Å². The molecule has 1 aromatic carbocycles. The molecule has 0 saturated heterocycles. The normalized spacial score (nSPS) is 25.6. The molecule has 0 heterocycles. The van der Waals surface area contributed by atoms with Crippen LogP contribution in [0, 0.1) is 11.7 Å². The van der Waals surface area contributed by atoms with Crippen molar-refractivity contribution in [1.82, 2.24) is 5.32 Å². The highest BCUT2D eigenvalue weighted by atomic mass is 19.1. The monoisotopic (exact) mass is 294 g/mol. The SMILES string of the molecule is CCC1CCC(O)(CNC(=O)c2ccc(N)c(F)c2)CC1. The van der Waals surface area contributed by atoms with Gasteiger partial charge in [0.2, 0.25) is 0 Å². The van der Waals surface area contributed by atoms with Crippen molar-refractivity contribution in [3.05, 3.63) is 29.6 Å². The number of benzene rings is 1. The number of nitrogens with two attached hydrogens (primary N) is 1. The van der Waals surface area contributed by atoms with Crippen molar-refractivity contribution < 1.29 is 14.3 Å². The molecule has 2 rings (SSSR count). The molecule has 1 fully saturated rings. The van der Waals surface area contributed by atoms with Gasteiger partial charge in [0.05, 0.1) is 11.3 Å². The van der Waals surface area contributed by atoms with E-state index in [0.29, 0.717) is 18.8 Å². The van der Waals surface area contributed by atoms with Gasteiger partial charge in [-0.1, -0.05) is 13.3 Å². The first-order valence-electron chi connectivity index (χ1n) is 7.49. The maximum Gasteiger partial charge on any atom is 0.251 e. The predicted molar refractivity (Wildman–Crippen MR) is 80.3 cm³/mol. The number of hydrogen-bond donors (Lipinski definition) is 3. The van der Waals surface area contributed by atoms with E-state index in [9.17, 15) is 14.3 Å². The molecule has 1 amide bonds. The molecule has 4 nitrogen and oxygen atoms in total. The number of amides is 1. The van der Waals surface area contributed by atoms with Crippen molar-refractivity contribution in [3.8, 4) is 0 Å². The lowest BCUT2D eigenvalue weighted by Crippen LogP contribution is -2.45. The molecule has 1 aromatic rings. The molecule has 1 aliphatic rings. The van der Waals surface area contributed by atoms with Crippen molar-refractivity contribution in [1.29, 1.82) is 0 Å². The quantitative estimate of drug-likeness (QED) is 0.747. The molecule has 0 unspecified atom stereocenters. The third kappa shape index (κ3) is 3.94. The summed E-state index contributed by atoms with van der Waals surface area (Å²) < 4.78 is 13.3. The Balaban J connectivity index is 1.90. The summed E-state index contributed by atoms with van der Waals surface area (Å²) in [6.45, 7) is 2.36. The molecule has 0 spiro atoms. The summed E-state index contributed by atoms with van der Waals surface area (Å²) in [6.07, 6.45) is 4.50. The zero-order valence-electron chi connectivity index (χ0n) is 12.4. The first kappa shape index (κ1) is 15.8. The van der Waals surface area contributed by atoms with Crippen LogP contribution in [0.15, 0.2) is 18.2 Å². The molecule has 4 N–H and O–H groups in total. The number of halogens is 1. The Morgan fingerprint density at radius 3 is 2.71 bits per heavy atom. The van der Waals surface area contributed by atoms with Gasteiger partial charge >= 0.3 is 0 Å². The molecule has 0 radical (unpaired) electrons. The summed E-state index contributed by atoms with van der Waals surface area (Å²) in [4.78, 5) is 12.0. The third-order valence-corrected chi connectivity index (χ3v) is 4.45. The lowest BCUT2D eigenvalue weighted by molar-refractivity contribution is -0.00786. The van der Waals surface area contributed by atoms with Gasteiger partial charge in [-0.25, -0.2) is 4.39 Å². The van der Waals surface area contributed by atoms with Crippen LogP contribution in [0.25, 0.3) is 0 Å².